The second kappa shape index (κ2) is 7.74. The molecule has 152 valence electrons. The summed E-state index contributed by atoms with van der Waals surface area (Å²) in [6, 6.07) is 12.3. The van der Waals surface area contributed by atoms with Crippen LogP contribution in [0.1, 0.15) is 19.3 Å². The summed E-state index contributed by atoms with van der Waals surface area (Å²) in [6.07, 6.45) is 2.73. The van der Waals surface area contributed by atoms with Gasteiger partial charge in [-0.25, -0.2) is 14.6 Å². The number of amides is 1. The minimum absolute atomic E-state index is 0.348. The minimum Gasteiger partial charge on any atom is -0.422 e. The van der Waals surface area contributed by atoms with Crippen LogP contribution in [0, 0.1) is 0 Å². The molecule has 0 N–H and O–H groups in total. The number of likely N-dealkylation sites (tertiary alicyclic amines) is 1. The maximum atomic E-state index is 12.6. The van der Waals surface area contributed by atoms with Gasteiger partial charge in [-0.2, -0.15) is 0 Å². The van der Waals surface area contributed by atoms with Gasteiger partial charge >= 0.3 is 11.7 Å². The molecule has 3 heterocycles. The number of piperidine rings is 1. The monoisotopic (exact) mass is 440 g/mol. The zero-order chi connectivity index (χ0) is 20.7. The molecule has 0 bridgehead atoms. The smallest absolute Gasteiger partial charge is 0.415 e. The second-order valence-electron chi connectivity index (χ2n) is 7.17. The third kappa shape index (κ3) is 3.55. The van der Waals surface area contributed by atoms with Gasteiger partial charge in [0.25, 0.3) is 0 Å². The summed E-state index contributed by atoms with van der Waals surface area (Å²) in [7, 11) is 0. The Kier molecular flexibility index (Phi) is 4.92. The molecule has 8 heteroatoms. The van der Waals surface area contributed by atoms with Crippen LogP contribution >= 0.6 is 22.9 Å². The van der Waals surface area contributed by atoms with E-state index < -0.39 is 5.63 Å². The lowest BCUT2D eigenvalue weighted by Gasteiger charge is -2.25. The van der Waals surface area contributed by atoms with E-state index in [1.54, 1.807) is 35.2 Å². The number of para-hydroxylation sites is 1. The lowest BCUT2D eigenvalue weighted by Crippen LogP contribution is -2.37. The Bertz CT molecular complexity index is 1320. The van der Waals surface area contributed by atoms with Crippen molar-refractivity contribution in [2.45, 2.75) is 19.3 Å². The first-order valence-corrected chi connectivity index (χ1v) is 10.9. The highest BCUT2D eigenvalue weighted by molar-refractivity contribution is 7.21. The van der Waals surface area contributed by atoms with Crippen LogP contribution in [0.2, 0.25) is 5.02 Å². The molecule has 1 saturated heterocycles. The highest BCUT2D eigenvalue weighted by Gasteiger charge is 2.19. The van der Waals surface area contributed by atoms with Crippen LogP contribution in [0.3, 0.4) is 0 Å². The zero-order valence-electron chi connectivity index (χ0n) is 15.9. The molecular formula is C22H17ClN2O4S. The summed E-state index contributed by atoms with van der Waals surface area (Å²) in [5, 5.41) is 1.81. The Balaban J connectivity index is 1.47. The molecule has 1 fully saturated rings. The number of halogens is 1. The van der Waals surface area contributed by atoms with Gasteiger partial charge in [0.05, 0.1) is 15.3 Å². The van der Waals surface area contributed by atoms with Crippen LogP contribution in [0.4, 0.5) is 4.79 Å². The highest BCUT2D eigenvalue weighted by atomic mass is 35.5. The first-order chi connectivity index (χ1) is 14.6. The second-order valence-corrected chi connectivity index (χ2v) is 8.61. The lowest BCUT2D eigenvalue weighted by atomic mass is 10.1. The van der Waals surface area contributed by atoms with Gasteiger partial charge in [0.2, 0.25) is 0 Å². The minimum atomic E-state index is -0.503. The van der Waals surface area contributed by atoms with Gasteiger partial charge < -0.3 is 14.1 Å². The number of nitrogens with zero attached hydrogens (tertiary/aromatic N) is 2. The molecule has 6 nitrogen and oxygen atoms in total. The molecule has 2 aromatic carbocycles. The van der Waals surface area contributed by atoms with E-state index in [1.807, 2.05) is 12.1 Å². The van der Waals surface area contributed by atoms with Crippen LogP contribution in [0.5, 0.6) is 5.75 Å². The number of benzene rings is 2. The molecule has 5 rings (SSSR count). The molecule has 0 saturated carbocycles. The maximum Gasteiger partial charge on any atom is 0.415 e. The number of thiazole rings is 1. The maximum absolute atomic E-state index is 12.6. The molecule has 1 aliphatic heterocycles. The van der Waals surface area contributed by atoms with Crippen molar-refractivity contribution in [3.63, 3.8) is 0 Å². The van der Waals surface area contributed by atoms with Crippen molar-refractivity contribution in [2.24, 2.45) is 0 Å². The predicted molar refractivity (Wildman–Crippen MR) is 118 cm³/mol. The first-order valence-electron chi connectivity index (χ1n) is 9.68. The molecule has 1 aliphatic rings. The summed E-state index contributed by atoms with van der Waals surface area (Å²) in [5.74, 6) is 0.348. The fourth-order valence-electron chi connectivity index (χ4n) is 3.58. The average molecular weight is 441 g/mol. The van der Waals surface area contributed by atoms with E-state index >= 15 is 0 Å². The lowest BCUT2D eigenvalue weighted by molar-refractivity contribution is 0.142. The standard InChI is InChI=1S/C22H17ClN2O4S/c23-16-5-4-6-18-19(16)24-20(30-18)15-11-13-7-8-14(12-17(13)29-21(15)26)28-22(27)25-9-2-1-3-10-25/h4-8,11-12H,1-3,9-10H2. The molecule has 0 spiro atoms. The number of carbonyl (C=O) groups is 1. The molecule has 30 heavy (non-hydrogen) atoms. The molecule has 2 aromatic heterocycles. The van der Waals surface area contributed by atoms with E-state index in [1.165, 1.54) is 11.3 Å². The quantitative estimate of drug-likeness (QED) is 0.373. The van der Waals surface area contributed by atoms with E-state index in [0.29, 0.717) is 50.9 Å². The molecule has 0 radical (unpaired) electrons. The first kappa shape index (κ1) is 19.1. The Hall–Kier alpha value is -2.90. The van der Waals surface area contributed by atoms with Gasteiger partial charge in [0.15, 0.2) is 0 Å². The van der Waals surface area contributed by atoms with Crippen molar-refractivity contribution in [2.75, 3.05) is 13.1 Å². The van der Waals surface area contributed by atoms with Gasteiger partial charge in [-0.3, -0.25) is 0 Å². The van der Waals surface area contributed by atoms with Crippen LogP contribution in [-0.2, 0) is 0 Å². The van der Waals surface area contributed by atoms with Gasteiger partial charge in [-0.15, -0.1) is 11.3 Å². The Labute approximate surface area is 180 Å². The number of hydrogen-bond acceptors (Lipinski definition) is 6. The molecule has 1 amide bonds. The van der Waals surface area contributed by atoms with Crippen LogP contribution in [-0.4, -0.2) is 29.1 Å². The molecular weight excluding hydrogens is 424 g/mol. The van der Waals surface area contributed by atoms with E-state index in [0.717, 1.165) is 24.0 Å². The van der Waals surface area contributed by atoms with Crippen molar-refractivity contribution in [1.29, 1.82) is 0 Å². The zero-order valence-corrected chi connectivity index (χ0v) is 17.5. The fraction of sp³-hybridized carbons (Fsp3) is 0.227. The van der Waals surface area contributed by atoms with E-state index in [4.69, 9.17) is 20.8 Å². The summed E-state index contributed by atoms with van der Waals surface area (Å²) < 4.78 is 11.9. The molecule has 0 aliphatic carbocycles. The number of hydrogen-bond donors (Lipinski definition) is 0. The van der Waals surface area contributed by atoms with Gasteiger partial charge in [0.1, 0.15) is 21.9 Å². The van der Waals surface area contributed by atoms with Crippen LogP contribution in [0.25, 0.3) is 31.8 Å². The number of carbonyl (C=O) groups excluding carboxylic acids is 1. The summed E-state index contributed by atoms with van der Waals surface area (Å²) >= 11 is 7.59. The molecule has 0 atom stereocenters. The molecule has 0 unspecified atom stereocenters. The largest absolute Gasteiger partial charge is 0.422 e. The van der Waals surface area contributed by atoms with Gasteiger partial charge in [-0.05, 0) is 49.6 Å². The summed E-state index contributed by atoms with van der Waals surface area (Å²) in [6.45, 7) is 1.41. The SMILES string of the molecule is O=C(Oc1ccc2cc(-c3nc4c(Cl)cccc4s3)c(=O)oc2c1)N1CCCCC1. The fourth-order valence-corrected chi connectivity index (χ4v) is 4.85. The van der Waals surface area contributed by atoms with Crippen molar-refractivity contribution < 1.29 is 13.9 Å². The molecule has 4 aromatic rings. The highest BCUT2D eigenvalue weighted by Crippen LogP contribution is 2.33. The summed E-state index contributed by atoms with van der Waals surface area (Å²) in [5.41, 5.74) is 0.889. The number of rotatable bonds is 2. The van der Waals surface area contributed by atoms with E-state index in [2.05, 4.69) is 4.98 Å². The summed E-state index contributed by atoms with van der Waals surface area (Å²) in [4.78, 5) is 31.2. The van der Waals surface area contributed by atoms with Crippen molar-refractivity contribution in [3.05, 3.63) is 57.9 Å². The third-order valence-corrected chi connectivity index (χ3v) is 6.49. The normalized spacial score (nSPS) is 14.4. The van der Waals surface area contributed by atoms with Crippen LogP contribution in [0.15, 0.2) is 51.7 Å². The van der Waals surface area contributed by atoms with Crippen molar-refractivity contribution in [3.8, 4) is 16.3 Å². The predicted octanol–water partition coefficient (Wildman–Crippen LogP) is 5.71. The van der Waals surface area contributed by atoms with Crippen LogP contribution < -0.4 is 10.4 Å². The Morgan fingerprint density at radius 2 is 1.97 bits per heavy atom. The third-order valence-electron chi connectivity index (χ3n) is 5.13. The average Bonchev–Trinajstić information content (AvgIpc) is 3.19. The Morgan fingerprint density at radius 3 is 2.77 bits per heavy atom. The number of aromatic nitrogens is 1. The number of ether oxygens (including phenoxy) is 1. The van der Waals surface area contributed by atoms with Gasteiger partial charge in [-0.1, -0.05) is 17.7 Å². The number of fused-ring (bicyclic) bond motifs is 2. The van der Waals surface area contributed by atoms with Crippen molar-refractivity contribution >= 4 is 50.2 Å². The van der Waals surface area contributed by atoms with E-state index in [9.17, 15) is 9.59 Å². The van der Waals surface area contributed by atoms with Gasteiger partial charge in [0, 0.05) is 24.5 Å². The Morgan fingerprint density at radius 1 is 1.13 bits per heavy atom. The van der Waals surface area contributed by atoms with E-state index in [-0.39, 0.29) is 6.09 Å². The topological polar surface area (TPSA) is 72.6 Å². The van der Waals surface area contributed by atoms with Crippen molar-refractivity contribution in [1.82, 2.24) is 9.88 Å².